The summed E-state index contributed by atoms with van der Waals surface area (Å²) in [5.74, 6) is 0.919. The Labute approximate surface area is 212 Å². The highest BCUT2D eigenvalue weighted by Crippen LogP contribution is 2.25. The molecule has 1 aromatic carbocycles. The zero-order valence-corrected chi connectivity index (χ0v) is 21.4. The van der Waals surface area contributed by atoms with Gasteiger partial charge in [0.15, 0.2) is 5.11 Å². The summed E-state index contributed by atoms with van der Waals surface area (Å²) in [6, 6.07) is 9.74. The summed E-state index contributed by atoms with van der Waals surface area (Å²) in [6.07, 6.45) is 8.18. The number of pyridine rings is 1. The summed E-state index contributed by atoms with van der Waals surface area (Å²) in [4.78, 5) is 14.0. The monoisotopic (exact) mass is 554 g/mol. The molecular formula is C22H25BrCl2N6S. The third-order valence-electron chi connectivity index (χ3n) is 4.76. The third-order valence-corrected chi connectivity index (χ3v) is 6.25. The molecule has 0 unspecified atom stereocenters. The van der Waals surface area contributed by atoms with Crippen molar-refractivity contribution in [3.8, 4) is 0 Å². The molecule has 2 aromatic heterocycles. The van der Waals surface area contributed by atoms with Crippen molar-refractivity contribution in [2.45, 2.75) is 25.8 Å². The average Bonchev–Trinajstić information content (AvgIpc) is 3.29. The number of hydrogen-bond acceptors (Lipinski definition) is 4. The predicted octanol–water partition coefficient (Wildman–Crippen LogP) is 5.37. The average molecular weight is 556 g/mol. The van der Waals surface area contributed by atoms with Crippen molar-refractivity contribution in [1.29, 1.82) is 0 Å². The van der Waals surface area contributed by atoms with Crippen molar-refractivity contribution in [1.82, 2.24) is 25.6 Å². The van der Waals surface area contributed by atoms with Crippen molar-refractivity contribution < 1.29 is 0 Å². The largest absolute Gasteiger partial charge is 0.363 e. The van der Waals surface area contributed by atoms with E-state index in [1.807, 2.05) is 42.7 Å². The van der Waals surface area contributed by atoms with Gasteiger partial charge in [-0.2, -0.15) is 0 Å². The Morgan fingerprint density at radius 3 is 2.62 bits per heavy atom. The topological polar surface area (TPSA) is 68.9 Å². The number of aromatic amines is 1. The first-order valence-corrected chi connectivity index (χ1v) is 12.3. The Bertz CT molecular complexity index is 985. The van der Waals surface area contributed by atoms with E-state index in [0.29, 0.717) is 21.7 Å². The summed E-state index contributed by atoms with van der Waals surface area (Å²) >= 11 is 21.1. The SMILES string of the molecule is S=C(NCCCCN(Cc1ccc(Cl)c(Cl)c1)c1ccc(Br)cn1)NCCc1c[nH]cn1. The van der Waals surface area contributed by atoms with Crippen LogP contribution in [-0.2, 0) is 13.0 Å². The first-order valence-electron chi connectivity index (χ1n) is 10.3. The van der Waals surface area contributed by atoms with Crippen molar-refractivity contribution in [3.05, 3.63) is 74.8 Å². The number of benzene rings is 1. The van der Waals surface area contributed by atoms with E-state index >= 15 is 0 Å². The molecule has 0 bridgehead atoms. The molecule has 0 spiro atoms. The van der Waals surface area contributed by atoms with Gasteiger partial charge in [-0.1, -0.05) is 29.3 Å². The second-order valence-electron chi connectivity index (χ2n) is 7.20. The number of anilines is 1. The van der Waals surface area contributed by atoms with Crippen LogP contribution in [0.5, 0.6) is 0 Å². The van der Waals surface area contributed by atoms with Crippen LogP contribution in [-0.4, -0.2) is 39.7 Å². The fourth-order valence-corrected chi connectivity index (χ4v) is 3.87. The lowest BCUT2D eigenvalue weighted by Crippen LogP contribution is -2.37. The second-order valence-corrected chi connectivity index (χ2v) is 9.34. The first-order chi connectivity index (χ1) is 15.5. The number of aromatic nitrogens is 3. The molecule has 0 saturated carbocycles. The number of H-pyrrole nitrogens is 1. The lowest BCUT2D eigenvalue weighted by atomic mass is 10.2. The molecule has 3 N–H and O–H groups in total. The molecule has 6 nitrogen and oxygen atoms in total. The zero-order chi connectivity index (χ0) is 22.8. The maximum Gasteiger partial charge on any atom is 0.166 e. The van der Waals surface area contributed by atoms with Crippen LogP contribution < -0.4 is 15.5 Å². The van der Waals surface area contributed by atoms with E-state index in [2.05, 4.69) is 46.4 Å². The van der Waals surface area contributed by atoms with E-state index in [0.717, 1.165) is 60.4 Å². The Balaban J connectivity index is 1.44. The van der Waals surface area contributed by atoms with E-state index in [1.165, 1.54) is 0 Å². The Hall–Kier alpha value is -1.87. The highest BCUT2D eigenvalue weighted by Gasteiger charge is 2.10. The molecule has 10 heteroatoms. The van der Waals surface area contributed by atoms with Gasteiger partial charge in [-0.25, -0.2) is 9.97 Å². The van der Waals surface area contributed by atoms with Crippen LogP contribution in [0, 0.1) is 0 Å². The van der Waals surface area contributed by atoms with Gasteiger partial charge < -0.3 is 20.5 Å². The molecule has 0 aliphatic heterocycles. The minimum absolute atomic E-state index is 0.559. The molecule has 0 fully saturated rings. The standard InChI is InChI=1S/C22H25BrCl2N6S/c23-17-4-6-21(29-12-17)31(14-16-3-5-19(24)20(25)11-16)10-2-1-8-27-22(32)28-9-7-18-13-26-15-30-18/h3-6,11-13,15H,1-2,7-10,14H2,(H,26,30)(H2,27,28,32). The normalized spacial score (nSPS) is 10.7. The van der Waals surface area contributed by atoms with E-state index in [4.69, 9.17) is 35.4 Å². The van der Waals surface area contributed by atoms with Gasteiger partial charge in [-0.15, -0.1) is 0 Å². The molecule has 32 heavy (non-hydrogen) atoms. The molecule has 3 aromatic rings. The van der Waals surface area contributed by atoms with Gasteiger partial charge in [0.2, 0.25) is 0 Å². The lowest BCUT2D eigenvalue weighted by Gasteiger charge is -2.24. The molecule has 170 valence electrons. The van der Waals surface area contributed by atoms with E-state index in [1.54, 1.807) is 6.33 Å². The van der Waals surface area contributed by atoms with Crippen molar-refractivity contribution in [2.75, 3.05) is 24.5 Å². The highest BCUT2D eigenvalue weighted by molar-refractivity contribution is 9.10. The summed E-state index contributed by atoms with van der Waals surface area (Å²) < 4.78 is 0.952. The predicted molar refractivity (Wildman–Crippen MR) is 140 cm³/mol. The minimum Gasteiger partial charge on any atom is -0.363 e. The summed E-state index contributed by atoms with van der Waals surface area (Å²) in [6.45, 7) is 3.12. The summed E-state index contributed by atoms with van der Waals surface area (Å²) in [7, 11) is 0. The number of nitrogens with zero attached hydrogens (tertiary/aromatic N) is 3. The zero-order valence-electron chi connectivity index (χ0n) is 17.5. The quantitative estimate of drug-likeness (QED) is 0.218. The maximum absolute atomic E-state index is 6.20. The Morgan fingerprint density at radius 2 is 1.91 bits per heavy atom. The molecule has 2 heterocycles. The smallest absolute Gasteiger partial charge is 0.166 e. The number of thiocarbonyl (C=S) groups is 1. The van der Waals surface area contributed by atoms with E-state index in [-0.39, 0.29) is 0 Å². The van der Waals surface area contributed by atoms with Gasteiger partial charge in [-0.05, 0) is 70.8 Å². The van der Waals surface area contributed by atoms with Crippen molar-refractivity contribution >= 4 is 62.3 Å². The van der Waals surface area contributed by atoms with Crippen molar-refractivity contribution in [2.24, 2.45) is 0 Å². The van der Waals surface area contributed by atoms with Crippen LogP contribution >= 0.6 is 51.3 Å². The van der Waals surface area contributed by atoms with E-state index in [9.17, 15) is 0 Å². The third kappa shape index (κ3) is 8.24. The van der Waals surface area contributed by atoms with Gasteiger partial charge in [0.1, 0.15) is 5.82 Å². The molecule has 0 atom stereocenters. The van der Waals surface area contributed by atoms with Crippen LogP contribution in [0.15, 0.2) is 53.5 Å². The first kappa shape index (κ1) is 24.8. The molecule has 0 aliphatic rings. The number of halogens is 3. The van der Waals surface area contributed by atoms with Gasteiger partial charge in [0, 0.05) is 49.5 Å². The van der Waals surface area contributed by atoms with Crippen molar-refractivity contribution in [3.63, 3.8) is 0 Å². The second kappa shape index (κ2) is 13.0. The Kier molecular flexibility index (Phi) is 10.1. The van der Waals surface area contributed by atoms with Crippen LogP contribution in [0.1, 0.15) is 24.1 Å². The fourth-order valence-electron chi connectivity index (χ4n) is 3.11. The van der Waals surface area contributed by atoms with Gasteiger partial charge in [0.25, 0.3) is 0 Å². The molecule has 0 saturated heterocycles. The van der Waals surface area contributed by atoms with Gasteiger partial charge in [-0.3, -0.25) is 0 Å². The fraction of sp³-hybridized carbons (Fsp3) is 0.318. The number of unbranched alkanes of at least 4 members (excludes halogenated alkanes) is 1. The van der Waals surface area contributed by atoms with Gasteiger partial charge in [0.05, 0.1) is 22.1 Å². The summed E-state index contributed by atoms with van der Waals surface area (Å²) in [5.41, 5.74) is 2.11. The van der Waals surface area contributed by atoms with Crippen LogP contribution in [0.4, 0.5) is 5.82 Å². The van der Waals surface area contributed by atoms with Gasteiger partial charge >= 0.3 is 0 Å². The van der Waals surface area contributed by atoms with Crippen LogP contribution in [0.3, 0.4) is 0 Å². The minimum atomic E-state index is 0.559. The molecular weight excluding hydrogens is 531 g/mol. The summed E-state index contributed by atoms with van der Waals surface area (Å²) in [5, 5.41) is 8.27. The number of nitrogens with one attached hydrogen (secondary N) is 3. The lowest BCUT2D eigenvalue weighted by molar-refractivity contribution is 0.662. The molecule has 0 radical (unpaired) electrons. The molecule has 0 aliphatic carbocycles. The molecule has 0 amide bonds. The van der Waals surface area contributed by atoms with Crippen LogP contribution in [0.2, 0.25) is 10.0 Å². The van der Waals surface area contributed by atoms with E-state index < -0.39 is 0 Å². The number of rotatable bonds is 11. The highest BCUT2D eigenvalue weighted by atomic mass is 79.9. The Morgan fingerprint density at radius 1 is 1.06 bits per heavy atom. The van der Waals surface area contributed by atoms with Crippen LogP contribution in [0.25, 0.3) is 0 Å². The number of hydrogen-bond donors (Lipinski definition) is 3. The molecule has 3 rings (SSSR count). The maximum atomic E-state index is 6.20. The number of imidazole rings is 1.